The Hall–Kier alpha value is -2.62. The third-order valence-corrected chi connectivity index (χ3v) is 4.12. The highest BCUT2D eigenvalue weighted by atomic mass is 16.2. The molecule has 0 atom stereocenters. The summed E-state index contributed by atoms with van der Waals surface area (Å²) in [5.74, 6) is -0.127. The summed E-state index contributed by atoms with van der Waals surface area (Å²) in [6, 6.07) is 11.8. The number of anilines is 2. The lowest BCUT2D eigenvalue weighted by Crippen LogP contribution is -2.15. The van der Waals surface area contributed by atoms with Gasteiger partial charge in [-0.3, -0.25) is 9.59 Å². The maximum atomic E-state index is 12.0. The van der Waals surface area contributed by atoms with Gasteiger partial charge in [-0.15, -0.1) is 0 Å². The topological polar surface area (TPSA) is 58.2 Å². The molecule has 0 aromatic heterocycles. The average Bonchev–Trinajstić information content (AvgIpc) is 2.53. The lowest BCUT2D eigenvalue weighted by molar-refractivity contribution is -0.117. The van der Waals surface area contributed by atoms with Crippen molar-refractivity contribution in [3.63, 3.8) is 0 Å². The van der Waals surface area contributed by atoms with Crippen LogP contribution in [0, 0.1) is 27.7 Å². The van der Waals surface area contributed by atoms with Gasteiger partial charge in [0.1, 0.15) is 0 Å². The number of benzene rings is 2. The first-order valence-corrected chi connectivity index (χ1v) is 8.59. The van der Waals surface area contributed by atoms with E-state index in [1.807, 2.05) is 64.1 Å². The van der Waals surface area contributed by atoms with Crippen LogP contribution in [-0.2, 0) is 9.59 Å². The normalized spacial score (nSPS) is 10.4. The van der Waals surface area contributed by atoms with Crippen molar-refractivity contribution >= 4 is 23.2 Å². The Balaban J connectivity index is 1.77. The molecule has 0 aliphatic carbocycles. The van der Waals surface area contributed by atoms with Gasteiger partial charge in [-0.05, 0) is 57.4 Å². The molecule has 0 aliphatic rings. The molecule has 0 heterocycles. The Bertz CT molecular complexity index is 716. The van der Waals surface area contributed by atoms with E-state index in [0.29, 0.717) is 19.3 Å². The number of aryl methyl sites for hydroxylation is 4. The molecule has 0 saturated heterocycles. The van der Waals surface area contributed by atoms with E-state index >= 15 is 0 Å². The first kappa shape index (κ1) is 18.7. The molecular weight excluding hydrogens is 312 g/mol. The van der Waals surface area contributed by atoms with Gasteiger partial charge in [0.05, 0.1) is 0 Å². The summed E-state index contributed by atoms with van der Waals surface area (Å²) >= 11 is 0. The monoisotopic (exact) mass is 338 g/mol. The van der Waals surface area contributed by atoms with Gasteiger partial charge >= 0.3 is 0 Å². The predicted octanol–water partition coefficient (Wildman–Crippen LogP) is 4.67. The number of amides is 2. The molecule has 0 spiro atoms. The summed E-state index contributed by atoms with van der Waals surface area (Å²) in [5.41, 5.74) is 6.07. The van der Waals surface area contributed by atoms with Crippen LogP contribution in [0.3, 0.4) is 0 Å². The molecule has 2 rings (SSSR count). The highest BCUT2D eigenvalue weighted by Gasteiger charge is 2.08. The summed E-state index contributed by atoms with van der Waals surface area (Å²) in [4.78, 5) is 24.1. The van der Waals surface area contributed by atoms with E-state index in [2.05, 4.69) is 10.6 Å². The number of nitrogens with one attached hydrogen (secondary N) is 2. The molecule has 0 fully saturated rings. The second kappa shape index (κ2) is 8.47. The van der Waals surface area contributed by atoms with Gasteiger partial charge < -0.3 is 10.6 Å². The Kier molecular flexibility index (Phi) is 6.34. The van der Waals surface area contributed by atoms with Crippen LogP contribution in [0.25, 0.3) is 0 Å². The molecule has 0 saturated carbocycles. The molecule has 4 heteroatoms. The number of rotatable bonds is 6. The molecule has 0 aliphatic heterocycles. The highest BCUT2D eigenvalue weighted by molar-refractivity contribution is 5.93. The average molecular weight is 338 g/mol. The summed E-state index contributed by atoms with van der Waals surface area (Å²) in [7, 11) is 0. The Morgan fingerprint density at radius 1 is 0.720 bits per heavy atom. The molecule has 2 aromatic rings. The smallest absolute Gasteiger partial charge is 0.224 e. The van der Waals surface area contributed by atoms with Crippen LogP contribution in [0.1, 0.15) is 41.5 Å². The van der Waals surface area contributed by atoms with Gasteiger partial charge in [-0.1, -0.05) is 35.4 Å². The fourth-order valence-corrected chi connectivity index (χ4v) is 2.74. The van der Waals surface area contributed by atoms with Crippen molar-refractivity contribution in [2.24, 2.45) is 0 Å². The van der Waals surface area contributed by atoms with E-state index in [0.717, 1.165) is 22.5 Å². The molecule has 0 unspecified atom stereocenters. The highest BCUT2D eigenvalue weighted by Crippen LogP contribution is 2.18. The third kappa shape index (κ3) is 5.75. The van der Waals surface area contributed by atoms with Crippen LogP contribution in [-0.4, -0.2) is 11.8 Å². The van der Waals surface area contributed by atoms with Crippen molar-refractivity contribution in [2.45, 2.75) is 47.0 Å². The molecular formula is C21H26N2O2. The number of carbonyl (C=O) groups excluding carboxylic acids is 2. The second-order valence-corrected chi connectivity index (χ2v) is 6.59. The van der Waals surface area contributed by atoms with E-state index in [1.54, 1.807) is 0 Å². The van der Waals surface area contributed by atoms with Crippen LogP contribution >= 0.6 is 0 Å². The Labute approximate surface area is 149 Å². The molecule has 132 valence electrons. The number of hydrogen-bond donors (Lipinski definition) is 2. The van der Waals surface area contributed by atoms with Gasteiger partial charge in [0.2, 0.25) is 11.8 Å². The van der Waals surface area contributed by atoms with E-state index in [9.17, 15) is 9.59 Å². The van der Waals surface area contributed by atoms with Crippen LogP contribution < -0.4 is 10.6 Å². The standard InChI is InChI=1S/C21H26N2O2/c1-14-8-10-18(16(3)12-14)22-20(24)6-5-7-21(25)23-19-11-9-15(2)13-17(19)4/h8-13H,5-7H2,1-4H3,(H,22,24)(H,23,25). The fraction of sp³-hybridized carbons (Fsp3) is 0.333. The molecule has 2 aromatic carbocycles. The van der Waals surface area contributed by atoms with Gasteiger partial charge in [0.25, 0.3) is 0 Å². The lowest BCUT2D eigenvalue weighted by Gasteiger charge is -2.10. The minimum Gasteiger partial charge on any atom is -0.326 e. The van der Waals surface area contributed by atoms with Crippen molar-refractivity contribution in [2.75, 3.05) is 10.6 Å². The first-order valence-electron chi connectivity index (χ1n) is 8.59. The first-order chi connectivity index (χ1) is 11.8. The van der Waals surface area contributed by atoms with E-state index in [-0.39, 0.29) is 11.8 Å². The minimum absolute atomic E-state index is 0.0636. The van der Waals surface area contributed by atoms with Crippen molar-refractivity contribution < 1.29 is 9.59 Å². The van der Waals surface area contributed by atoms with Gasteiger partial charge in [-0.25, -0.2) is 0 Å². The molecule has 4 nitrogen and oxygen atoms in total. The molecule has 2 amide bonds. The fourth-order valence-electron chi connectivity index (χ4n) is 2.74. The predicted molar refractivity (Wildman–Crippen MR) is 103 cm³/mol. The molecule has 0 radical (unpaired) electrons. The lowest BCUT2D eigenvalue weighted by atomic mass is 10.1. The van der Waals surface area contributed by atoms with Crippen molar-refractivity contribution in [3.8, 4) is 0 Å². The number of hydrogen-bond acceptors (Lipinski definition) is 2. The summed E-state index contributed by atoms with van der Waals surface area (Å²) < 4.78 is 0. The van der Waals surface area contributed by atoms with Gasteiger partial charge in [0.15, 0.2) is 0 Å². The maximum Gasteiger partial charge on any atom is 0.224 e. The second-order valence-electron chi connectivity index (χ2n) is 6.59. The largest absolute Gasteiger partial charge is 0.326 e. The zero-order valence-electron chi connectivity index (χ0n) is 15.4. The third-order valence-electron chi connectivity index (χ3n) is 4.12. The van der Waals surface area contributed by atoms with Crippen molar-refractivity contribution in [1.82, 2.24) is 0 Å². The Morgan fingerprint density at radius 2 is 1.12 bits per heavy atom. The van der Waals surface area contributed by atoms with E-state index < -0.39 is 0 Å². The van der Waals surface area contributed by atoms with Gasteiger partial charge in [-0.2, -0.15) is 0 Å². The molecule has 0 bridgehead atoms. The Morgan fingerprint density at radius 3 is 1.48 bits per heavy atom. The maximum absolute atomic E-state index is 12.0. The summed E-state index contributed by atoms with van der Waals surface area (Å²) in [6.07, 6.45) is 1.18. The SMILES string of the molecule is Cc1ccc(NC(=O)CCCC(=O)Nc2ccc(C)cc2C)c(C)c1. The minimum atomic E-state index is -0.0636. The van der Waals surface area contributed by atoms with Crippen LogP contribution in [0.15, 0.2) is 36.4 Å². The quantitative estimate of drug-likeness (QED) is 0.804. The molecule has 2 N–H and O–H groups in total. The summed E-state index contributed by atoms with van der Waals surface area (Å²) in [5, 5.41) is 5.81. The van der Waals surface area contributed by atoms with Crippen LogP contribution in [0.2, 0.25) is 0 Å². The van der Waals surface area contributed by atoms with Crippen molar-refractivity contribution in [3.05, 3.63) is 58.7 Å². The van der Waals surface area contributed by atoms with Crippen molar-refractivity contribution in [1.29, 1.82) is 0 Å². The van der Waals surface area contributed by atoms with E-state index in [4.69, 9.17) is 0 Å². The van der Waals surface area contributed by atoms with Crippen LogP contribution in [0.5, 0.6) is 0 Å². The molecule has 25 heavy (non-hydrogen) atoms. The van der Waals surface area contributed by atoms with E-state index in [1.165, 1.54) is 11.1 Å². The summed E-state index contributed by atoms with van der Waals surface area (Å²) in [6.45, 7) is 7.99. The zero-order chi connectivity index (χ0) is 18.4. The zero-order valence-corrected chi connectivity index (χ0v) is 15.4. The van der Waals surface area contributed by atoms with Crippen LogP contribution in [0.4, 0.5) is 11.4 Å². The number of carbonyl (C=O) groups is 2. The van der Waals surface area contributed by atoms with Gasteiger partial charge in [0, 0.05) is 24.2 Å².